The van der Waals surface area contributed by atoms with Gasteiger partial charge in [0, 0.05) is 29.7 Å². The summed E-state index contributed by atoms with van der Waals surface area (Å²) in [6, 6.07) is 8.84. The maximum Gasteiger partial charge on any atom is 0.0462 e. The number of H-pyrrole nitrogens is 1. The van der Waals surface area contributed by atoms with Crippen molar-refractivity contribution in [3.8, 4) is 0 Å². The first-order chi connectivity index (χ1) is 8.84. The molecule has 0 bridgehead atoms. The molecule has 1 atom stereocenters. The van der Waals surface area contributed by atoms with Gasteiger partial charge in [-0.25, -0.2) is 0 Å². The fraction of sp³-hybridized carbons (Fsp3) is 0.250. The molecule has 18 heavy (non-hydrogen) atoms. The van der Waals surface area contributed by atoms with Crippen LogP contribution in [0.1, 0.15) is 12.0 Å². The normalized spacial score (nSPS) is 21.1. The van der Waals surface area contributed by atoms with Gasteiger partial charge in [-0.05, 0) is 25.1 Å². The van der Waals surface area contributed by atoms with Crippen LogP contribution in [0.3, 0.4) is 0 Å². The Bertz CT molecular complexity index is 592. The Morgan fingerprint density at radius 1 is 1.33 bits per heavy atom. The first-order valence-corrected chi connectivity index (χ1v) is 6.46. The SMILES string of the molecule is CN1CCC=C[C@H]1/C=C/c1c[nH]c2ccccc12. The van der Waals surface area contributed by atoms with E-state index in [1.165, 1.54) is 16.5 Å². The second kappa shape index (κ2) is 4.83. The molecule has 1 N–H and O–H groups in total. The molecular weight excluding hydrogens is 220 g/mol. The fourth-order valence-corrected chi connectivity index (χ4v) is 2.46. The number of nitrogens with one attached hydrogen (secondary N) is 1. The zero-order chi connectivity index (χ0) is 12.4. The molecule has 0 radical (unpaired) electrons. The number of aromatic nitrogens is 1. The van der Waals surface area contributed by atoms with Gasteiger partial charge >= 0.3 is 0 Å². The molecule has 92 valence electrons. The van der Waals surface area contributed by atoms with Crippen LogP contribution in [0.5, 0.6) is 0 Å². The molecule has 2 heteroatoms. The number of benzene rings is 1. The Balaban J connectivity index is 1.87. The molecule has 0 saturated heterocycles. The van der Waals surface area contributed by atoms with E-state index in [1.807, 2.05) is 0 Å². The van der Waals surface area contributed by atoms with Crippen molar-refractivity contribution in [3.63, 3.8) is 0 Å². The van der Waals surface area contributed by atoms with Gasteiger partial charge in [0.25, 0.3) is 0 Å². The van der Waals surface area contributed by atoms with Crippen molar-refractivity contribution in [1.82, 2.24) is 9.88 Å². The van der Waals surface area contributed by atoms with Crippen LogP contribution in [0, 0.1) is 0 Å². The number of aromatic amines is 1. The van der Waals surface area contributed by atoms with Crippen molar-refractivity contribution in [1.29, 1.82) is 0 Å². The lowest BCUT2D eigenvalue weighted by molar-refractivity contribution is 0.313. The molecule has 0 spiro atoms. The number of hydrogen-bond donors (Lipinski definition) is 1. The third kappa shape index (κ3) is 2.12. The average molecular weight is 238 g/mol. The minimum atomic E-state index is 0.424. The molecule has 0 fully saturated rings. The summed E-state index contributed by atoms with van der Waals surface area (Å²) in [6.07, 6.45) is 12.3. The molecular formula is C16H18N2. The Kier molecular flexibility index (Phi) is 3.03. The van der Waals surface area contributed by atoms with E-state index in [1.54, 1.807) is 0 Å². The van der Waals surface area contributed by atoms with E-state index in [2.05, 4.69) is 71.7 Å². The Labute approximate surface area is 108 Å². The van der Waals surface area contributed by atoms with E-state index in [0.717, 1.165) is 13.0 Å². The van der Waals surface area contributed by atoms with Crippen molar-refractivity contribution >= 4 is 17.0 Å². The molecule has 0 amide bonds. The third-order valence-corrected chi connectivity index (χ3v) is 3.58. The largest absolute Gasteiger partial charge is 0.361 e. The predicted octanol–water partition coefficient (Wildman–Crippen LogP) is 3.44. The summed E-state index contributed by atoms with van der Waals surface area (Å²) in [6.45, 7) is 1.14. The Morgan fingerprint density at radius 2 is 2.22 bits per heavy atom. The van der Waals surface area contributed by atoms with E-state index >= 15 is 0 Å². The Morgan fingerprint density at radius 3 is 3.11 bits per heavy atom. The molecule has 1 aliphatic rings. The monoisotopic (exact) mass is 238 g/mol. The lowest BCUT2D eigenvalue weighted by atomic mass is 10.1. The standard InChI is InChI=1S/C16H18N2/c1-18-11-5-4-6-14(18)10-9-13-12-17-16-8-3-2-7-15(13)16/h2-4,6-10,12,14,17H,5,11H2,1H3/b10-9+/t14-/m0/s1. The third-order valence-electron chi connectivity index (χ3n) is 3.58. The molecule has 1 aromatic heterocycles. The highest BCUT2D eigenvalue weighted by Gasteiger charge is 2.10. The van der Waals surface area contributed by atoms with Gasteiger partial charge in [-0.15, -0.1) is 0 Å². The van der Waals surface area contributed by atoms with Gasteiger partial charge in [0.1, 0.15) is 0 Å². The van der Waals surface area contributed by atoms with Crippen molar-refractivity contribution in [2.75, 3.05) is 13.6 Å². The van der Waals surface area contributed by atoms with E-state index in [-0.39, 0.29) is 0 Å². The van der Waals surface area contributed by atoms with Gasteiger partial charge in [-0.2, -0.15) is 0 Å². The highest BCUT2D eigenvalue weighted by molar-refractivity contribution is 5.88. The van der Waals surface area contributed by atoms with Gasteiger partial charge in [-0.3, -0.25) is 4.90 Å². The van der Waals surface area contributed by atoms with E-state index < -0.39 is 0 Å². The summed E-state index contributed by atoms with van der Waals surface area (Å²) in [7, 11) is 2.17. The van der Waals surface area contributed by atoms with Crippen molar-refractivity contribution in [3.05, 3.63) is 54.3 Å². The van der Waals surface area contributed by atoms with Crippen LogP contribution in [0.25, 0.3) is 17.0 Å². The van der Waals surface area contributed by atoms with E-state index in [4.69, 9.17) is 0 Å². The van der Waals surface area contributed by atoms with Crippen LogP contribution in [-0.2, 0) is 0 Å². The molecule has 0 aliphatic carbocycles. The van der Waals surface area contributed by atoms with Crippen molar-refractivity contribution in [2.24, 2.45) is 0 Å². The molecule has 2 nitrogen and oxygen atoms in total. The van der Waals surface area contributed by atoms with Crippen LogP contribution < -0.4 is 0 Å². The number of hydrogen-bond acceptors (Lipinski definition) is 1. The van der Waals surface area contributed by atoms with Gasteiger partial charge in [0.05, 0.1) is 0 Å². The van der Waals surface area contributed by atoms with Crippen LogP contribution in [0.2, 0.25) is 0 Å². The first-order valence-electron chi connectivity index (χ1n) is 6.46. The topological polar surface area (TPSA) is 19.0 Å². The summed E-state index contributed by atoms with van der Waals surface area (Å²) >= 11 is 0. The van der Waals surface area contributed by atoms with Crippen LogP contribution in [0.15, 0.2) is 48.7 Å². The van der Waals surface area contributed by atoms with Gasteiger partial charge < -0.3 is 4.98 Å². The summed E-state index contributed by atoms with van der Waals surface area (Å²) < 4.78 is 0. The molecule has 0 saturated carbocycles. The highest BCUT2D eigenvalue weighted by Crippen LogP contribution is 2.20. The van der Waals surface area contributed by atoms with Crippen molar-refractivity contribution < 1.29 is 0 Å². The maximum atomic E-state index is 3.30. The molecule has 1 aromatic carbocycles. The highest BCUT2D eigenvalue weighted by atomic mass is 15.1. The van der Waals surface area contributed by atoms with Crippen molar-refractivity contribution in [2.45, 2.75) is 12.5 Å². The lowest BCUT2D eigenvalue weighted by Gasteiger charge is -2.25. The second-order valence-corrected chi connectivity index (χ2v) is 4.84. The molecule has 2 aromatic rings. The van der Waals surface area contributed by atoms with Gasteiger partial charge in [-0.1, -0.05) is 42.5 Å². The first kappa shape index (κ1) is 11.3. The van der Waals surface area contributed by atoms with Crippen LogP contribution in [-0.4, -0.2) is 29.5 Å². The lowest BCUT2D eigenvalue weighted by Crippen LogP contribution is -2.31. The molecule has 2 heterocycles. The van der Waals surface area contributed by atoms with Crippen LogP contribution in [0.4, 0.5) is 0 Å². The molecule has 1 aliphatic heterocycles. The summed E-state index contributed by atoms with van der Waals surface area (Å²) in [4.78, 5) is 5.67. The smallest absolute Gasteiger partial charge is 0.0462 e. The fourth-order valence-electron chi connectivity index (χ4n) is 2.46. The number of rotatable bonds is 2. The molecule has 3 rings (SSSR count). The average Bonchev–Trinajstić information content (AvgIpc) is 2.81. The Hall–Kier alpha value is -1.80. The summed E-state index contributed by atoms with van der Waals surface area (Å²) in [5, 5.41) is 1.29. The minimum absolute atomic E-state index is 0.424. The van der Waals surface area contributed by atoms with Crippen LogP contribution >= 0.6 is 0 Å². The van der Waals surface area contributed by atoms with E-state index in [0.29, 0.717) is 6.04 Å². The van der Waals surface area contributed by atoms with E-state index in [9.17, 15) is 0 Å². The summed E-state index contributed by atoms with van der Waals surface area (Å²) in [5.74, 6) is 0. The molecule has 0 unspecified atom stereocenters. The quantitative estimate of drug-likeness (QED) is 0.794. The number of likely N-dealkylation sites (N-methyl/N-ethyl adjacent to an activating group) is 1. The number of fused-ring (bicyclic) bond motifs is 1. The maximum absolute atomic E-state index is 3.30. The van der Waals surface area contributed by atoms with Gasteiger partial charge in [0.2, 0.25) is 0 Å². The zero-order valence-corrected chi connectivity index (χ0v) is 10.6. The second-order valence-electron chi connectivity index (χ2n) is 4.84. The zero-order valence-electron chi connectivity index (χ0n) is 10.6. The number of nitrogens with zero attached hydrogens (tertiary/aromatic N) is 1. The van der Waals surface area contributed by atoms with Gasteiger partial charge in [0.15, 0.2) is 0 Å². The number of para-hydroxylation sites is 1. The summed E-state index contributed by atoms with van der Waals surface area (Å²) in [5.41, 5.74) is 2.46. The minimum Gasteiger partial charge on any atom is -0.361 e. The predicted molar refractivity (Wildman–Crippen MR) is 77.5 cm³/mol.